The predicted molar refractivity (Wildman–Crippen MR) is 103 cm³/mol. The van der Waals surface area contributed by atoms with Crippen LogP contribution in [0.25, 0.3) is 11.1 Å². The van der Waals surface area contributed by atoms with Crippen LogP contribution in [0.4, 0.5) is 17.1 Å². The number of hydrogen-bond donors (Lipinski definition) is 4. The average molecular weight is 334 g/mol. The molecule has 0 aliphatic carbocycles. The minimum atomic E-state index is -0.0945. The first-order valence-corrected chi connectivity index (χ1v) is 8.08. The number of hydrogen-bond acceptors (Lipinski definition) is 6. The molecular formula is C19H22N6. The van der Waals surface area contributed by atoms with Gasteiger partial charge in [0.1, 0.15) is 0 Å². The molecular weight excluding hydrogens is 312 g/mol. The molecule has 0 amide bonds. The highest BCUT2D eigenvalue weighted by molar-refractivity contribution is 5.78. The lowest BCUT2D eigenvalue weighted by molar-refractivity contribution is 0.781. The second-order valence-electron chi connectivity index (χ2n) is 6.00. The molecule has 0 spiro atoms. The Morgan fingerprint density at radius 2 is 1.88 bits per heavy atom. The van der Waals surface area contributed by atoms with E-state index in [1.807, 2.05) is 43.5 Å². The van der Waals surface area contributed by atoms with E-state index < -0.39 is 0 Å². The Kier molecular flexibility index (Phi) is 4.81. The van der Waals surface area contributed by atoms with E-state index in [1.165, 1.54) is 0 Å². The van der Waals surface area contributed by atoms with Crippen molar-refractivity contribution >= 4 is 17.1 Å². The third kappa shape index (κ3) is 4.05. The van der Waals surface area contributed by atoms with Crippen molar-refractivity contribution in [2.45, 2.75) is 19.5 Å². The van der Waals surface area contributed by atoms with E-state index in [0.717, 1.165) is 28.2 Å². The molecule has 25 heavy (non-hydrogen) atoms. The maximum absolute atomic E-state index is 6.02. The number of nitrogen functional groups attached to an aromatic ring is 2. The summed E-state index contributed by atoms with van der Waals surface area (Å²) in [4.78, 5) is 8.75. The van der Waals surface area contributed by atoms with E-state index in [-0.39, 0.29) is 6.04 Å². The summed E-state index contributed by atoms with van der Waals surface area (Å²) in [6.07, 6.45) is 3.56. The Hall–Kier alpha value is -3.12. The topological polar surface area (TPSA) is 116 Å². The van der Waals surface area contributed by atoms with Crippen molar-refractivity contribution in [2.75, 3.05) is 16.8 Å². The van der Waals surface area contributed by atoms with Crippen LogP contribution in [0.3, 0.4) is 0 Å². The largest absolute Gasteiger partial charge is 0.399 e. The third-order valence-corrected chi connectivity index (χ3v) is 3.93. The summed E-state index contributed by atoms with van der Waals surface area (Å²) in [7, 11) is 0. The standard InChI is InChI=1S/C19H22N6/c1-12(20)19-9-15(6-7-23-19)25-11-16-4-2-13(10-24-16)17-8-14(21)3-5-18(17)22/h2-10,12H,11,20-22H2,1H3,(H,23,25). The summed E-state index contributed by atoms with van der Waals surface area (Å²) in [6.45, 7) is 2.52. The Morgan fingerprint density at radius 1 is 1.04 bits per heavy atom. The Balaban J connectivity index is 1.71. The first kappa shape index (κ1) is 16.7. The molecule has 0 saturated heterocycles. The van der Waals surface area contributed by atoms with Crippen molar-refractivity contribution in [1.29, 1.82) is 0 Å². The highest BCUT2D eigenvalue weighted by atomic mass is 14.9. The van der Waals surface area contributed by atoms with Crippen LogP contribution >= 0.6 is 0 Å². The molecule has 128 valence electrons. The van der Waals surface area contributed by atoms with E-state index in [1.54, 1.807) is 18.3 Å². The number of pyridine rings is 2. The zero-order valence-electron chi connectivity index (χ0n) is 14.1. The lowest BCUT2D eigenvalue weighted by Gasteiger charge is -2.10. The van der Waals surface area contributed by atoms with Crippen LogP contribution in [0.2, 0.25) is 0 Å². The van der Waals surface area contributed by atoms with Crippen molar-refractivity contribution < 1.29 is 0 Å². The quantitative estimate of drug-likeness (QED) is 0.533. The number of rotatable bonds is 5. The zero-order chi connectivity index (χ0) is 17.8. The van der Waals surface area contributed by atoms with Crippen molar-refractivity contribution in [3.63, 3.8) is 0 Å². The number of nitrogens with two attached hydrogens (primary N) is 3. The van der Waals surface area contributed by atoms with E-state index in [4.69, 9.17) is 17.2 Å². The minimum Gasteiger partial charge on any atom is -0.399 e. The third-order valence-electron chi connectivity index (χ3n) is 3.93. The molecule has 2 heterocycles. The van der Waals surface area contributed by atoms with Gasteiger partial charge in [0.25, 0.3) is 0 Å². The van der Waals surface area contributed by atoms with E-state index in [9.17, 15) is 0 Å². The summed E-state index contributed by atoms with van der Waals surface area (Å²) in [5.41, 5.74) is 23.7. The molecule has 3 aromatic rings. The Bertz CT molecular complexity index is 858. The van der Waals surface area contributed by atoms with Crippen molar-refractivity contribution in [1.82, 2.24) is 9.97 Å². The molecule has 7 N–H and O–H groups in total. The van der Waals surface area contributed by atoms with Gasteiger partial charge in [-0.05, 0) is 43.3 Å². The number of anilines is 3. The average Bonchev–Trinajstić information content (AvgIpc) is 2.63. The van der Waals surface area contributed by atoms with Crippen LogP contribution < -0.4 is 22.5 Å². The Labute approximate surface area is 147 Å². The summed E-state index contributed by atoms with van der Waals surface area (Å²) >= 11 is 0. The number of nitrogens with zero attached hydrogens (tertiary/aromatic N) is 2. The molecule has 1 atom stereocenters. The normalized spacial score (nSPS) is 11.9. The van der Waals surface area contributed by atoms with Gasteiger partial charge in [0.2, 0.25) is 0 Å². The number of nitrogens with one attached hydrogen (secondary N) is 1. The van der Waals surface area contributed by atoms with Crippen molar-refractivity contribution in [2.24, 2.45) is 5.73 Å². The summed E-state index contributed by atoms with van der Waals surface area (Å²) < 4.78 is 0. The number of benzene rings is 1. The lowest BCUT2D eigenvalue weighted by Crippen LogP contribution is -2.08. The summed E-state index contributed by atoms with van der Waals surface area (Å²) in [6, 6.07) is 13.2. The van der Waals surface area contributed by atoms with Crippen LogP contribution in [-0.4, -0.2) is 9.97 Å². The zero-order valence-corrected chi connectivity index (χ0v) is 14.1. The second-order valence-corrected chi connectivity index (χ2v) is 6.00. The first-order chi connectivity index (χ1) is 12.0. The van der Waals surface area contributed by atoms with E-state index in [0.29, 0.717) is 17.9 Å². The molecule has 6 nitrogen and oxygen atoms in total. The highest BCUT2D eigenvalue weighted by Crippen LogP contribution is 2.27. The van der Waals surface area contributed by atoms with Crippen LogP contribution in [0.1, 0.15) is 24.4 Å². The fraction of sp³-hybridized carbons (Fsp3) is 0.158. The highest BCUT2D eigenvalue weighted by Gasteiger charge is 2.05. The van der Waals surface area contributed by atoms with Gasteiger partial charge in [-0.2, -0.15) is 0 Å². The maximum atomic E-state index is 6.02. The molecule has 0 saturated carbocycles. The molecule has 0 radical (unpaired) electrons. The second kappa shape index (κ2) is 7.19. The SMILES string of the molecule is CC(N)c1cc(NCc2ccc(-c3cc(N)ccc3N)cn2)ccn1. The molecule has 0 aliphatic rings. The maximum Gasteiger partial charge on any atom is 0.0595 e. The minimum absolute atomic E-state index is 0.0945. The molecule has 6 heteroatoms. The van der Waals surface area contributed by atoms with Gasteiger partial charge in [-0.1, -0.05) is 6.07 Å². The van der Waals surface area contributed by atoms with E-state index in [2.05, 4.69) is 15.3 Å². The predicted octanol–water partition coefficient (Wildman–Crippen LogP) is 2.94. The molecule has 0 aliphatic heterocycles. The van der Waals surface area contributed by atoms with Gasteiger partial charge >= 0.3 is 0 Å². The van der Waals surface area contributed by atoms with Gasteiger partial charge in [0, 0.05) is 46.6 Å². The molecule has 2 aromatic heterocycles. The smallest absolute Gasteiger partial charge is 0.0595 e. The fourth-order valence-electron chi connectivity index (χ4n) is 2.51. The van der Waals surface area contributed by atoms with Crippen LogP contribution in [0.15, 0.2) is 54.9 Å². The van der Waals surface area contributed by atoms with Gasteiger partial charge in [-0.15, -0.1) is 0 Å². The van der Waals surface area contributed by atoms with Gasteiger partial charge in [-0.25, -0.2) is 0 Å². The fourth-order valence-corrected chi connectivity index (χ4v) is 2.51. The van der Waals surface area contributed by atoms with Gasteiger partial charge in [0.15, 0.2) is 0 Å². The van der Waals surface area contributed by atoms with Crippen LogP contribution in [0.5, 0.6) is 0 Å². The molecule has 1 unspecified atom stereocenters. The van der Waals surface area contributed by atoms with E-state index >= 15 is 0 Å². The molecule has 0 fully saturated rings. The molecule has 3 rings (SSSR count). The van der Waals surface area contributed by atoms with Crippen molar-refractivity contribution in [3.05, 3.63) is 66.2 Å². The van der Waals surface area contributed by atoms with Gasteiger partial charge < -0.3 is 22.5 Å². The summed E-state index contributed by atoms with van der Waals surface area (Å²) in [5, 5.41) is 3.33. The lowest BCUT2D eigenvalue weighted by atomic mass is 10.0. The molecule has 1 aromatic carbocycles. The van der Waals surface area contributed by atoms with Gasteiger partial charge in [0.05, 0.1) is 17.9 Å². The van der Waals surface area contributed by atoms with Gasteiger partial charge in [-0.3, -0.25) is 9.97 Å². The van der Waals surface area contributed by atoms with Crippen LogP contribution in [-0.2, 0) is 6.54 Å². The number of aromatic nitrogens is 2. The first-order valence-electron chi connectivity index (χ1n) is 8.08. The van der Waals surface area contributed by atoms with Crippen LogP contribution in [0, 0.1) is 0 Å². The molecule has 0 bridgehead atoms. The summed E-state index contributed by atoms with van der Waals surface area (Å²) in [5.74, 6) is 0. The Morgan fingerprint density at radius 3 is 2.60 bits per heavy atom. The monoisotopic (exact) mass is 334 g/mol. The van der Waals surface area contributed by atoms with Crippen molar-refractivity contribution in [3.8, 4) is 11.1 Å².